The number of nitro benzene ring substituents is 1. The number of amides is 1. The van der Waals surface area contributed by atoms with Crippen molar-refractivity contribution in [2.24, 2.45) is 0 Å². The fourth-order valence-electron chi connectivity index (χ4n) is 1.64. The molecule has 22 heavy (non-hydrogen) atoms. The van der Waals surface area contributed by atoms with E-state index in [-0.39, 0.29) is 17.9 Å². The highest BCUT2D eigenvalue weighted by atomic mass is 16.6. The lowest BCUT2D eigenvalue weighted by molar-refractivity contribution is -0.384. The van der Waals surface area contributed by atoms with Gasteiger partial charge in [0.05, 0.1) is 18.0 Å². The monoisotopic (exact) mass is 311 g/mol. The Morgan fingerprint density at radius 3 is 2.55 bits per heavy atom. The summed E-state index contributed by atoms with van der Waals surface area (Å²) in [5, 5.41) is 31.4. The summed E-state index contributed by atoms with van der Waals surface area (Å²) in [4.78, 5) is 34.2. The number of benzene rings is 1. The molecule has 0 aliphatic heterocycles. The molecule has 1 rings (SSSR count). The molecular formula is C13H17N3O6. The molecule has 0 aliphatic rings. The Hall–Kier alpha value is -2.68. The van der Waals surface area contributed by atoms with Crippen LogP contribution in [-0.4, -0.2) is 52.8 Å². The van der Waals surface area contributed by atoms with E-state index < -0.39 is 28.9 Å². The lowest BCUT2D eigenvalue weighted by Crippen LogP contribution is -2.48. The summed E-state index contributed by atoms with van der Waals surface area (Å²) in [7, 11) is 1.50. The highest BCUT2D eigenvalue weighted by Crippen LogP contribution is 2.26. The first kappa shape index (κ1) is 17.4. The van der Waals surface area contributed by atoms with Gasteiger partial charge in [-0.1, -0.05) is 12.1 Å². The summed E-state index contributed by atoms with van der Waals surface area (Å²) in [6, 6.07) is 5.93. The van der Waals surface area contributed by atoms with Crippen molar-refractivity contribution in [3.05, 3.63) is 34.4 Å². The fourth-order valence-corrected chi connectivity index (χ4v) is 1.64. The van der Waals surface area contributed by atoms with E-state index in [0.717, 1.165) is 6.92 Å². The summed E-state index contributed by atoms with van der Waals surface area (Å²) in [5.41, 5.74) is -1.96. The van der Waals surface area contributed by atoms with Gasteiger partial charge in [-0.05, 0) is 13.0 Å². The van der Waals surface area contributed by atoms with Crippen molar-refractivity contribution in [1.82, 2.24) is 5.32 Å². The summed E-state index contributed by atoms with van der Waals surface area (Å²) < 4.78 is 0. The van der Waals surface area contributed by atoms with Crippen molar-refractivity contribution in [2.45, 2.75) is 12.5 Å². The van der Waals surface area contributed by atoms with Crippen molar-refractivity contribution in [1.29, 1.82) is 0 Å². The number of rotatable bonds is 7. The fraction of sp³-hybridized carbons (Fsp3) is 0.385. The highest BCUT2D eigenvalue weighted by molar-refractivity contribution is 5.84. The summed E-state index contributed by atoms with van der Waals surface area (Å²) in [6.07, 6.45) is 0. The van der Waals surface area contributed by atoms with Gasteiger partial charge in [0.15, 0.2) is 5.60 Å². The molecule has 0 fully saturated rings. The molecule has 0 aromatic heterocycles. The normalized spacial score (nSPS) is 13.0. The molecule has 1 aromatic carbocycles. The minimum atomic E-state index is -2.08. The van der Waals surface area contributed by atoms with E-state index in [9.17, 15) is 24.8 Å². The number of nitro groups is 1. The van der Waals surface area contributed by atoms with E-state index in [1.807, 2.05) is 0 Å². The second-order valence-electron chi connectivity index (χ2n) is 4.96. The molecule has 0 bridgehead atoms. The number of aliphatic hydroxyl groups is 1. The summed E-state index contributed by atoms with van der Waals surface area (Å²) in [5.74, 6) is -2.03. The Morgan fingerprint density at radius 1 is 1.41 bits per heavy atom. The third-order valence-corrected chi connectivity index (χ3v) is 2.96. The minimum Gasteiger partial charge on any atom is -0.479 e. The number of hydrogen-bond acceptors (Lipinski definition) is 6. The molecule has 9 heteroatoms. The number of para-hydroxylation sites is 2. The molecule has 0 heterocycles. The predicted molar refractivity (Wildman–Crippen MR) is 77.6 cm³/mol. The predicted octanol–water partition coefficient (Wildman–Crippen LogP) is -0.0172. The number of aliphatic carboxylic acids is 1. The smallest absolute Gasteiger partial charge is 0.337 e. The van der Waals surface area contributed by atoms with Crippen LogP contribution in [0.25, 0.3) is 0 Å². The van der Waals surface area contributed by atoms with Crippen LogP contribution in [0, 0.1) is 10.1 Å². The Morgan fingerprint density at radius 2 is 2.00 bits per heavy atom. The van der Waals surface area contributed by atoms with E-state index in [0.29, 0.717) is 0 Å². The van der Waals surface area contributed by atoms with Gasteiger partial charge in [-0.15, -0.1) is 0 Å². The Balaban J connectivity index is 2.69. The van der Waals surface area contributed by atoms with Gasteiger partial charge in [0.25, 0.3) is 5.69 Å². The zero-order valence-corrected chi connectivity index (χ0v) is 12.1. The van der Waals surface area contributed by atoms with Gasteiger partial charge in [-0.2, -0.15) is 0 Å². The number of carboxylic acid groups (broad SMARTS) is 1. The number of carbonyl (C=O) groups is 2. The van der Waals surface area contributed by atoms with Crippen LogP contribution in [0.1, 0.15) is 6.92 Å². The highest BCUT2D eigenvalue weighted by Gasteiger charge is 2.30. The van der Waals surface area contributed by atoms with Crippen molar-refractivity contribution in [3.63, 3.8) is 0 Å². The quantitative estimate of drug-likeness (QED) is 0.476. The average Bonchev–Trinajstić information content (AvgIpc) is 2.45. The second-order valence-corrected chi connectivity index (χ2v) is 4.96. The molecule has 0 spiro atoms. The van der Waals surface area contributed by atoms with E-state index in [2.05, 4.69) is 5.32 Å². The van der Waals surface area contributed by atoms with Crippen LogP contribution in [0.2, 0.25) is 0 Å². The molecule has 1 atom stereocenters. The third-order valence-electron chi connectivity index (χ3n) is 2.96. The van der Waals surface area contributed by atoms with Crippen molar-refractivity contribution in [3.8, 4) is 0 Å². The topological polar surface area (TPSA) is 133 Å². The lowest BCUT2D eigenvalue weighted by Gasteiger charge is -2.21. The van der Waals surface area contributed by atoms with Crippen LogP contribution in [-0.2, 0) is 9.59 Å². The standard InChI is InChI=1S/C13H17N3O6/c1-13(20,12(18)19)8-14-11(17)7-15(2)9-5-3-4-6-10(9)16(21)22/h3-6,20H,7-8H2,1-2H3,(H,14,17)(H,18,19). The molecule has 9 nitrogen and oxygen atoms in total. The first-order valence-electron chi connectivity index (χ1n) is 6.32. The van der Waals surface area contributed by atoms with Crippen molar-refractivity contribution < 1.29 is 24.7 Å². The molecule has 0 radical (unpaired) electrons. The van der Waals surface area contributed by atoms with Crippen LogP contribution in [0.5, 0.6) is 0 Å². The van der Waals surface area contributed by atoms with E-state index >= 15 is 0 Å². The maximum Gasteiger partial charge on any atom is 0.337 e. The second kappa shape index (κ2) is 6.85. The van der Waals surface area contributed by atoms with Gasteiger partial charge >= 0.3 is 5.97 Å². The Kier molecular flexibility index (Phi) is 5.41. The van der Waals surface area contributed by atoms with Crippen LogP contribution < -0.4 is 10.2 Å². The number of nitrogens with one attached hydrogen (secondary N) is 1. The average molecular weight is 311 g/mol. The number of anilines is 1. The van der Waals surface area contributed by atoms with Crippen LogP contribution >= 0.6 is 0 Å². The molecule has 0 aliphatic carbocycles. The first-order chi connectivity index (χ1) is 10.1. The number of hydrogen-bond donors (Lipinski definition) is 3. The minimum absolute atomic E-state index is 0.143. The molecule has 0 saturated carbocycles. The molecule has 1 amide bonds. The van der Waals surface area contributed by atoms with Gasteiger partial charge in [0, 0.05) is 13.1 Å². The van der Waals surface area contributed by atoms with Crippen LogP contribution in [0.4, 0.5) is 11.4 Å². The lowest BCUT2D eigenvalue weighted by atomic mass is 10.1. The SMILES string of the molecule is CN(CC(=O)NCC(C)(O)C(=O)O)c1ccccc1[N+](=O)[O-]. The van der Waals surface area contributed by atoms with E-state index in [1.165, 1.54) is 30.1 Å². The first-order valence-corrected chi connectivity index (χ1v) is 6.32. The zero-order chi connectivity index (χ0) is 16.9. The van der Waals surface area contributed by atoms with E-state index in [4.69, 9.17) is 5.11 Å². The molecular weight excluding hydrogens is 294 g/mol. The maximum atomic E-state index is 11.8. The van der Waals surface area contributed by atoms with Gasteiger partial charge < -0.3 is 20.4 Å². The van der Waals surface area contributed by atoms with Gasteiger partial charge in [-0.25, -0.2) is 4.79 Å². The number of likely N-dealkylation sites (N-methyl/N-ethyl adjacent to an activating group) is 1. The Bertz CT molecular complexity index is 587. The zero-order valence-electron chi connectivity index (χ0n) is 12.1. The number of carbonyl (C=O) groups excluding carboxylic acids is 1. The molecule has 120 valence electrons. The molecule has 0 saturated heterocycles. The summed E-state index contributed by atoms with van der Waals surface area (Å²) in [6.45, 7) is 0.369. The molecule has 1 unspecified atom stereocenters. The van der Waals surface area contributed by atoms with Crippen molar-refractivity contribution in [2.75, 3.05) is 25.0 Å². The Labute approximate surface area is 126 Å². The molecule has 1 aromatic rings. The van der Waals surface area contributed by atoms with Gasteiger partial charge in [0.2, 0.25) is 5.91 Å². The van der Waals surface area contributed by atoms with Gasteiger partial charge in [0.1, 0.15) is 5.69 Å². The van der Waals surface area contributed by atoms with E-state index in [1.54, 1.807) is 6.07 Å². The van der Waals surface area contributed by atoms with Crippen LogP contribution in [0.3, 0.4) is 0 Å². The maximum absolute atomic E-state index is 11.8. The number of carboxylic acids is 1. The van der Waals surface area contributed by atoms with Gasteiger partial charge in [-0.3, -0.25) is 14.9 Å². The third kappa shape index (κ3) is 4.42. The molecule has 3 N–H and O–H groups in total. The number of nitrogens with zero attached hydrogens (tertiary/aromatic N) is 2. The van der Waals surface area contributed by atoms with Crippen molar-refractivity contribution >= 4 is 23.3 Å². The largest absolute Gasteiger partial charge is 0.479 e. The van der Waals surface area contributed by atoms with Crippen LogP contribution in [0.15, 0.2) is 24.3 Å². The summed E-state index contributed by atoms with van der Waals surface area (Å²) >= 11 is 0.